The van der Waals surface area contributed by atoms with Gasteiger partial charge in [-0.15, -0.1) is 0 Å². The predicted molar refractivity (Wildman–Crippen MR) is 97.6 cm³/mol. The molecule has 4 nitrogen and oxygen atoms in total. The molecular formula is C18H13F6IN2O2. The van der Waals surface area contributed by atoms with E-state index in [0.717, 1.165) is 0 Å². The minimum atomic E-state index is -4.96. The molecule has 1 aromatic carbocycles. The lowest BCUT2D eigenvalue weighted by Gasteiger charge is -2.23. The largest absolute Gasteiger partial charge is 0.416 e. The number of benzene rings is 1. The Kier molecular flexibility index (Phi) is 7.47. The van der Waals surface area contributed by atoms with Crippen LogP contribution in [0.4, 0.5) is 26.3 Å². The average molecular weight is 530 g/mol. The molecule has 0 spiro atoms. The van der Waals surface area contributed by atoms with E-state index in [2.05, 4.69) is 4.98 Å². The lowest BCUT2D eigenvalue weighted by molar-refractivity contribution is -0.143. The van der Waals surface area contributed by atoms with Crippen molar-refractivity contribution < 1.29 is 34.1 Å². The number of ether oxygens (including phenoxy) is 1. The second-order valence-corrected chi connectivity index (χ2v) is 6.47. The fourth-order valence-corrected chi connectivity index (χ4v) is 3.16. The van der Waals surface area contributed by atoms with E-state index in [4.69, 9.17) is 13.1 Å². The maximum atomic E-state index is 13.1. The standard InChI is InChI=1S/C18H13F6IN2O2/c1-28-15(10-2-3-27-14(6-10)9-26)8-16(29-25)11-4-12(17(19,20)21)7-13(5-11)18(22,23)24/h2-7,15-16H,8H2,1H3. The van der Waals surface area contributed by atoms with E-state index in [-0.39, 0.29) is 23.7 Å². The van der Waals surface area contributed by atoms with Crippen LogP contribution in [0.25, 0.3) is 0 Å². The highest BCUT2D eigenvalue weighted by Crippen LogP contribution is 2.40. The number of aromatic nitrogens is 1. The van der Waals surface area contributed by atoms with Crippen LogP contribution >= 0.6 is 23.0 Å². The van der Waals surface area contributed by atoms with Gasteiger partial charge in [0.2, 0.25) is 0 Å². The smallest absolute Gasteiger partial charge is 0.377 e. The number of halogens is 7. The van der Waals surface area contributed by atoms with Crippen molar-refractivity contribution in [2.45, 2.75) is 31.0 Å². The van der Waals surface area contributed by atoms with Crippen LogP contribution in [0.1, 0.15) is 46.6 Å². The van der Waals surface area contributed by atoms with Crippen molar-refractivity contribution in [1.82, 2.24) is 4.98 Å². The van der Waals surface area contributed by atoms with E-state index in [1.165, 1.54) is 48.4 Å². The highest BCUT2D eigenvalue weighted by Gasteiger charge is 2.38. The van der Waals surface area contributed by atoms with Gasteiger partial charge < -0.3 is 7.80 Å². The summed E-state index contributed by atoms with van der Waals surface area (Å²) < 4.78 is 89.1. The Bertz CT molecular complexity index is 863. The van der Waals surface area contributed by atoms with E-state index in [9.17, 15) is 26.3 Å². The number of pyridine rings is 1. The molecule has 156 valence electrons. The second-order valence-electron chi connectivity index (χ2n) is 5.96. The monoisotopic (exact) mass is 530 g/mol. The van der Waals surface area contributed by atoms with Crippen LogP contribution in [0, 0.1) is 11.3 Å². The number of hydrogen-bond donors (Lipinski definition) is 0. The van der Waals surface area contributed by atoms with Gasteiger partial charge in [0, 0.05) is 19.7 Å². The Morgan fingerprint density at radius 1 is 1.00 bits per heavy atom. The quantitative estimate of drug-likeness (QED) is 0.331. The van der Waals surface area contributed by atoms with Crippen molar-refractivity contribution in [3.63, 3.8) is 0 Å². The van der Waals surface area contributed by atoms with Gasteiger partial charge in [0.25, 0.3) is 0 Å². The van der Waals surface area contributed by atoms with Gasteiger partial charge in [-0.05, 0) is 41.5 Å². The van der Waals surface area contributed by atoms with Gasteiger partial charge >= 0.3 is 12.4 Å². The van der Waals surface area contributed by atoms with E-state index < -0.39 is 35.7 Å². The highest BCUT2D eigenvalue weighted by atomic mass is 127. The van der Waals surface area contributed by atoms with Crippen LogP contribution in [0.15, 0.2) is 36.5 Å². The van der Waals surface area contributed by atoms with Crippen molar-refractivity contribution in [2.75, 3.05) is 7.11 Å². The molecule has 0 fully saturated rings. The molecule has 0 saturated carbocycles. The molecule has 0 aliphatic heterocycles. The van der Waals surface area contributed by atoms with Crippen LogP contribution in [0.2, 0.25) is 0 Å². The fraction of sp³-hybridized carbons (Fsp3) is 0.333. The molecule has 1 aromatic heterocycles. The van der Waals surface area contributed by atoms with Crippen molar-refractivity contribution in [3.8, 4) is 6.07 Å². The molecule has 0 N–H and O–H groups in total. The molecule has 0 radical (unpaired) electrons. The lowest BCUT2D eigenvalue weighted by atomic mass is 9.95. The van der Waals surface area contributed by atoms with Gasteiger partial charge in [0.15, 0.2) is 0 Å². The zero-order valence-electron chi connectivity index (χ0n) is 14.7. The van der Waals surface area contributed by atoms with Gasteiger partial charge in [0.05, 0.1) is 23.3 Å². The minimum absolute atomic E-state index is 0.0591. The Morgan fingerprint density at radius 2 is 1.59 bits per heavy atom. The first-order valence-corrected chi connectivity index (χ1v) is 8.83. The maximum absolute atomic E-state index is 13.1. The Balaban J connectivity index is 2.45. The van der Waals surface area contributed by atoms with Crippen molar-refractivity contribution >= 4 is 23.0 Å². The van der Waals surface area contributed by atoms with Gasteiger partial charge in [-0.1, -0.05) is 0 Å². The summed E-state index contributed by atoms with van der Waals surface area (Å²) in [6.07, 6.45) is -10.5. The minimum Gasteiger partial charge on any atom is -0.377 e. The molecule has 2 aromatic rings. The zero-order valence-corrected chi connectivity index (χ0v) is 16.8. The van der Waals surface area contributed by atoms with Crippen LogP contribution in [0.3, 0.4) is 0 Å². The third kappa shape index (κ3) is 6.03. The normalized spacial score (nSPS) is 14.3. The first-order chi connectivity index (χ1) is 13.5. The van der Waals surface area contributed by atoms with E-state index in [1.807, 2.05) is 6.07 Å². The molecule has 2 rings (SSSR count). The third-order valence-corrected chi connectivity index (χ3v) is 4.69. The summed E-state index contributed by atoms with van der Waals surface area (Å²) in [7, 11) is 1.33. The molecule has 1 heterocycles. The number of nitriles is 1. The van der Waals surface area contributed by atoms with Crippen molar-refractivity contribution in [1.29, 1.82) is 5.26 Å². The van der Waals surface area contributed by atoms with Gasteiger partial charge in [0.1, 0.15) is 34.8 Å². The summed E-state index contributed by atoms with van der Waals surface area (Å²) in [6, 6.07) is 6.11. The van der Waals surface area contributed by atoms with Crippen LogP contribution in [-0.4, -0.2) is 12.1 Å². The number of rotatable bonds is 6. The van der Waals surface area contributed by atoms with Gasteiger partial charge in [-0.25, -0.2) is 4.98 Å². The maximum Gasteiger partial charge on any atom is 0.416 e. The molecule has 29 heavy (non-hydrogen) atoms. The number of alkyl halides is 6. The molecule has 0 aliphatic rings. The van der Waals surface area contributed by atoms with Gasteiger partial charge in [-0.2, -0.15) is 31.6 Å². The molecule has 11 heteroatoms. The topological polar surface area (TPSA) is 55.1 Å². The predicted octanol–water partition coefficient (Wildman–Crippen LogP) is 6.18. The Labute approximate surface area is 176 Å². The SMILES string of the molecule is COC(CC(OI)c1cc(C(F)(F)F)cc(C(F)(F)F)c1)c1ccnc(C#N)c1. The molecular weight excluding hydrogens is 517 g/mol. The molecule has 2 unspecified atom stereocenters. The van der Waals surface area contributed by atoms with Crippen molar-refractivity contribution in [2.24, 2.45) is 0 Å². The first kappa shape index (κ1) is 23.4. The summed E-state index contributed by atoms with van der Waals surface area (Å²) in [6.45, 7) is 0. The molecule has 0 saturated heterocycles. The summed E-state index contributed by atoms with van der Waals surface area (Å²) >= 11 is 1.42. The summed E-state index contributed by atoms with van der Waals surface area (Å²) in [5, 5.41) is 8.94. The summed E-state index contributed by atoms with van der Waals surface area (Å²) in [4.78, 5) is 3.81. The average Bonchev–Trinajstić information content (AvgIpc) is 2.67. The van der Waals surface area contributed by atoms with E-state index in [0.29, 0.717) is 17.7 Å². The molecule has 0 amide bonds. The first-order valence-electron chi connectivity index (χ1n) is 7.95. The zero-order chi connectivity index (χ0) is 21.8. The summed E-state index contributed by atoms with van der Waals surface area (Å²) in [5.41, 5.74) is -2.57. The van der Waals surface area contributed by atoms with Gasteiger partial charge in [-0.3, -0.25) is 0 Å². The summed E-state index contributed by atoms with van der Waals surface area (Å²) in [5.74, 6) is 0. The third-order valence-electron chi connectivity index (χ3n) is 4.07. The molecule has 2 atom stereocenters. The van der Waals surface area contributed by atoms with Crippen LogP contribution in [0.5, 0.6) is 0 Å². The van der Waals surface area contributed by atoms with Crippen molar-refractivity contribution in [3.05, 3.63) is 64.5 Å². The number of methoxy groups -OCH3 is 1. The lowest BCUT2D eigenvalue weighted by Crippen LogP contribution is -2.15. The molecule has 0 aliphatic carbocycles. The molecule has 0 bridgehead atoms. The number of hydrogen-bond acceptors (Lipinski definition) is 4. The van der Waals surface area contributed by atoms with E-state index in [1.54, 1.807) is 0 Å². The Hall–Kier alpha value is -1.91. The second kappa shape index (κ2) is 9.27. The number of nitrogens with zero attached hydrogens (tertiary/aromatic N) is 2. The van der Waals surface area contributed by atoms with Crippen LogP contribution < -0.4 is 0 Å². The Morgan fingerprint density at radius 3 is 2.03 bits per heavy atom. The fourth-order valence-electron chi connectivity index (χ4n) is 2.66. The van der Waals surface area contributed by atoms with E-state index >= 15 is 0 Å². The highest BCUT2D eigenvalue weighted by molar-refractivity contribution is 14.1. The van der Waals surface area contributed by atoms with Crippen LogP contribution in [-0.2, 0) is 20.2 Å².